The third-order valence-electron chi connectivity index (χ3n) is 4.40. The highest BCUT2D eigenvalue weighted by atomic mass is 35.5. The summed E-state index contributed by atoms with van der Waals surface area (Å²) in [6.07, 6.45) is 6.11. The largest absolute Gasteiger partial charge is 0.492 e. The van der Waals surface area contributed by atoms with Gasteiger partial charge in [-0.25, -0.2) is 0 Å². The van der Waals surface area contributed by atoms with Crippen molar-refractivity contribution >= 4 is 23.2 Å². The van der Waals surface area contributed by atoms with Crippen molar-refractivity contribution in [2.24, 2.45) is 11.1 Å². The Bertz CT molecular complexity index is 513. The van der Waals surface area contributed by atoms with Gasteiger partial charge in [0.15, 0.2) is 0 Å². The smallest absolute Gasteiger partial charge is 0.225 e. The van der Waals surface area contributed by atoms with Crippen molar-refractivity contribution in [2.45, 2.75) is 45.4 Å². The van der Waals surface area contributed by atoms with E-state index in [0.29, 0.717) is 36.0 Å². The van der Waals surface area contributed by atoms with Gasteiger partial charge in [0.2, 0.25) is 5.91 Å². The van der Waals surface area contributed by atoms with Crippen molar-refractivity contribution in [1.29, 1.82) is 0 Å². The van der Waals surface area contributed by atoms with E-state index in [2.05, 4.69) is 5.32 Å². The summed E-state index contributed by atoms with van der Waals surface area (Å²) in [4.78, 5) is 12.4. The minimum absolute atomic E-state index is 0.00405. The van der Waals surface area contributed by atoms with Crippen LogP contribution in [0.2, 0.25) is 5.02 Å². The molecule has 0 heterocycles. The van der Waals surface area contributed by atoms with Crippen LogP contribution in [0.4, 0.5) is 5.69 Å². The maximum atomic E-state index is 12.4. The van der Waals surface area contributed by atoms with Crippen molar-refractivity contribution in [3.8, 4) is 5.75 Å². The van der Waals surface area contributed by atoms with Gasteiger partial charge < -0.3 is 15.8 Å². The number of benzene rings is 1. The van der Waals surface area contributed by atoms with Crippen LogP contribution in [0.25, 0.3) is 0 Å². The molecule has 122 valence electrons. The minimum Gasteiger partial charge on any atom is -0.492 e. The van der Waals surface area contributed by atoms with Crippen molar-refractivity contribution in [2.75, 3.05) is 18.5 Å². The Morgan fingerprint density at radius 1 is 1.36 bits per heavy atom. The summed E-state index contributed by atoms with van der Waals surface area (Å²) < 4.78 is 5.54. The number of halogens is 1. The van der Waals surface area contributed by atoms with Gasteiger partial charge in [0.25, 0.3) is 0 Å². The van der Waals surface area contributed by atoms with Crippen LogP contribution < -0.4 is 15.8 Å². The fourth-order valence-electron chi connectivity index (χ4n) is 3.16. The lowest BCUT2D eigenvalue weighted by molar-refractivity contribution is -0.118. The maximum absolute atomic E-state index is 12.4. The van der Waals surface area contributed by atoms with Crippen molar-refractivity contribution in [3.63, 3.8) is 0 Å². The third kappa shape index (κ3) is 4.37. The number of anilines is 1. The first-order valence-corrected chi connectivity index (χ1v) is 8.39. The SMILES string of the molecule is CCOc1cc(Cl)ccc1NC(=O)CC1(CN)CCCCC1. The van der Waals surface area contributed by atoms with E-state index >= 15 is 0 Å². The first kappa shape index (κ1) is 17.1. The van der Waals surface area contributed by atoms with Crippen LogP contribution in [0.3, 0.4) is 0 Å². The molecule has 0 aliphatic heterocycles. The second-order valence-electron chi connectivity index (χ2n) is 6.06. The summed E-state index contributed by atoms with van der Waals surface area (Å²) in [5, 5.41) is 3.54. The highest BCUT2D eigenvalue weighted by Gasteiger charge is 2.33. The molecular formula is C17H25ClN2O2. The quantitative estimate of drug-likeness (QED) is 0.832. The fourth-order valence-corrected chi connectivity index (χ4v) is 3.33. The van der Waals surface area contributed by atoms with E-state index in [1.165, 1.54) is 6.42 Å². The Kier molecular flexibility index (Phi) is 6.09. The molecule has 4 nitrogen and oxygen atoms in total. The van der Waals surface area contributed by atoms with Gasteiger partial charge in [0.05, 0.1) is 12.3 Å². The normalized spacial score (nSPS) is 17.0. The molecule has 1 aromatic rings. The number of carbonyl (C=O) groups excluding carboxylic acids is 1. The zero-order valence-corrected chi connectivity index (χ0v) is 13.9. The van der Waals surface area contributed by atoms with Crippen LogP contribution in [-0.4, -0.2) is 19.1 Å². The Morgan fingerprint density at radius 3 is 2.73 bits per heavy atom. The lowest BCUT2D eigenvalue weighted by Gasteiger charge is -2.35. The van der Waals surface area contributed by atoms with E-state index in [4.69, 9.17) is 22.1 Å². The molecule has 0 saturated heterocycles. The van der Waals surface area contributed by atoms with E-state index < -0.39 is 0 Å². The number of amides is 1. The molecule has 2 rings (SSSR count). The van der Waals surface area contributed by atoms with Crippen LogP contribution in [0.1, 0.15) is 45.4 Å². The van der Waals surface area contributed by atoms with Crippen LogP contribution in [0.5, 0.6) is 5.75 Å². The Hall–Kier alpha value is -1.26. The average Bonchev–Trinajstić information content (AvgIpc) is 2.51. The molecule has 5 heteroatoms. The molecule has 1 amide bonds. The number of carbonyl (C=O) groups is 1. The third-order valence-corrected chi connectivity index (χ3v) is 4.64. The molecule has 1 aliphatic carbocycles. The van der Waals surface area contributed by atoms with Gasteiger partial charge >= 0.3 is 0 Å². The van der Waals surface area contributed by atoms with Gasteiger partial charge in [-0.15, -0.1) is 0 Å². The summed E-state index contributed by atoms with van der Waals surface area (Å²) in [6.45, 7) is 2.99. The zero-order valence-electron chi connectivity index (χ0n) is 13.2. The molecule has 1 aliphatic rings. The first-order valence-electron chi connectivity index (χ1n) is 8.01. The van der Waals surface area contributed by atoms with Crippen LogP contribution in [0, 0.1) is 5.41 Å². The molecule has 0 bridgehead atoms. The highest BCUT2D eigenvalue weighted by molar-refractivity contribution is 6.30. The van der Waals surface area contributed by atoms with E-state index in [1.807, 2.05) is 6.92 Å². The summed E-state index contributed by atoms with van der Waals surface area (Å²) in [5.41, 5.74) is 6.58. The standard InChI is InChI=1S/C17H25ClN2O2/c1-2-22-15-10-13(18)6-7-14(15)20-16(21)11-17(12-19)8-4-3-5-9-17/h6-7,10H,2-5,8-9,11-12,19H2,1H3,(H,20,21). The van der Waals surface area contributed by atoms with E-state index in [0.717, 1.165) is 25.7 Å². The molecule has 0 aromatic heterocycles. The molecular weight excluding hydrogens is 300 g/mol. The Balaban J connectivity index is 2.05. The molecule has 0 radical (unpaired) electrons. The lowest BCUT2D eigenvalue weighted by atomic mass is 9.71. The second kappa shape index (κ2) is 7.84. The van der Waals surface area contributed by atoms with Crippen LogP contribution in [-0.2, 0) is 4.79 Å². The molecule has 0 atom stereocenters. The van der Waals surface area contributed by atoms with Gasteiger partial charge in [0, 0.05) is 17.5 Å². The fraction of sp³-hybridized carbons (Fsp3) is 0.588. The predicted molar refractivity (Wildman–Crippen MR) is 90.4 cm³/mol. The molecule has 22 heavy (non-hydrogen) atoms. The summed E-state index contributed by atoms with van der Waals surface area (Å²) in [5.74, 6) is 0.601. The van der Waals surface area contributed by atoms with Gasteiger partial charge in [-0.1, -0.05) is 30.9 Å². The Labute approximate surface area is 137 Å². The van der Waals surface area contributed by atoms with Crippen LogP contribution in [0.15, 0.2) is 18.2 Å². The van der Waals surface area contributed by atoms with Gasteiger partial charge in [0.1, 0.15) is 5.75 Å². The van der Waals surface area contributed by atoms with Gasteiger partial charge in [-0.2, -0.15) is 0 Å². The van der Waals surface area contributed by atoms with Crippen molar-refractivity contribution < 1.29 is 9.53 Å². The summed E-state index contributed by atoms with van der Waals surface area (Å²) in [7, 11) is 0. The predicted octanol–water partition coefficient (Wildman–Crippen LogP) is 3.98. The summed E-state index contributed by atoms with van der Waals surface area (Å²) >= 11 is 5.98. The second-order valence-corrected chi connectivity index (χ2v) is 6.50. The minimum atomic E-state index is -0.0411. The number of nitrogens with two attached hydrogens (primary N) is 1. The number of nitrogens with one attached hydrogen (secondary N) is 1. The van der Waals surface area contributed by atoms with E-state index in [1.54, 1.807) is 18.2 Å². The van der Waals surface area contributed by atoms with Crippen LogP contribution >= 0.6 is 11.6 Å². The Morgan fingerprint density at radius 2 is 2.09 bits per heavy atom. The van der Waals surface area contributed by atoms with E-state index in [9.17, 15) is 4.79 Å². The van der Waals surface area contributed by atoms with Crippen molar-refractivity contribution in [3.05, 3.63) is 23.2 Å². The topological polar surface area (TPSA) is 64.3 Å². The lowest BCUT2D eigenvalue weighted by Crippen LogP contribution is -2.36. The van der Waals surface area contributed by atoms with E-state index in [-0.39, 0.29) is 11.3 Å². The van der Waals surface area contributed by atoms with Gasteiger partial charge in [-0.3, -0.25) is 4.79 Å². The highest BCUT2D eigenvalue weighted by Crippen LogP contribution is 2.39. The number of hydrogen-bond donors (Lipinski definition) is 2. The molecule has 0 spiro atoms. The summed E-state index contributed by atoms with van der Waals surface area (Å²) in [6, 6.07) is 5.25. The molecule has 1 saturated carbocycles. The number of ether oxygens (including phenoxy) is 1. The first-order chi connectivity index (χ1) is 10.6. The monoisotopic (exact) mass is 324 g/mol. The number of rotatable bonds is 6. The zero-order chi connectivity index (χ0) is 16.0. The molecule has 1 aromatic carbocycles. The molecule has 3 N–H and O–H groups in total. The molecule has 0 unspecified atom stereocenters. The molecule has 1 fully saturated rings. The van der Waals surface area contributed by atoms with Crippen molar-refractivity contribution in [1.82, 2.24) is 0 Å². The maximum Gasteiger partial charge on any atom is 0.225 e. The number of hydrogen-bond acceptors (Lipinski definition) is 3. The van der Waals surface area contributed by atoms with Gasteiger partial charge in [-0.05, 0) is 43.9 Å². The average molecular weight is 325 g/mol.